The Morgan fingerprint density at radius 1 is 1.59 bits per heavy atom. The van der Waals surface area contributed by atoms with Crippen molar-refractivity contribution in [1.82, 2.24) is 10.1 Å². The van der Waals surface area contributed by atoms with E-state index in [1.807, 2.05) is 20.8 Å². The molecule has 17 heavy (non-hydrogen) atoms. The number of anilines is 1. The van der Waals surface area contributed by atoms with E-state index in [9.17, 15) is 4.79 Å². The summed E-state index contributed by atoms with van der Waals surface area (Å²) in [5.74, 6) is 0.787. The summed E-state index contributed by atoms with van der Waals surface area (Å²) < 4.78 is 10.3. The van der Waals surface area contributed by atoms with Crippen LogP contribution in [0.25, 0.3) is 0 Å². The number of nitrogens with two attached hydrogens (primary N) is 1. The highest BCUT2D eigenvalue weighted by molar-refractivity contribution is 5.69. The summed E-state index contributed by atoms with van der Waals surface area (Å²) in [6.07, 6.45) is 1.18. The quantitative estimate of drug-likeness (QED) is 0.804. The minimum Gasteiger partial charge on any atom is -0.444 e. The summed E-state index contributed by atoms with van der Waals surface area (Å²) in [6, 6.07) is 0. The minimum atomic E-state index is -0.465. The van der Waals surface area contributed by atoms with Crippen LogP contribution in [0.15, 0.2) is 10.7 Å². The van der Waals surface area contributed by atoms with Crippen molar-refractivity contribution in [3.63, 3.8) is 0 Å². The van der Waals surface area contributed by atoms with Crippen LogP contribution in [-0.2, 0) is 4.74 Å². The monoisotopic (exact) mass is 239 g/mol. The Morgan fingerprint density at radius 2 is 2.24 bits per heavy atom. The van der Waals surface area contributed by atoms with Crippen LogP contribution in [-0.4, -0.2) is 34.8 Å². The smallest absolute Gasteiger partial charge is 0.410 e. The predicted octanol–water partition coefficient (Wildman–Crippen LogP) is 1.59. The lowest BCUT2D eigenvalue weighted by Gasteiger charge is -2.38. The molecule has 1 amide bonds. The maximum Gasteiger partial charge on any atom is 0.410 e. The molecule has 94 valence electrons. The molecular weight excluding hydrogens is 222 g/mol. The number of amides is 1. The second-order valence-corrected chi connectivity index (χ2v) is 5.23. The van der Waals surface area contributed by atoms with Gasteiger partial charge in [0.15, 0.2) is 5.76 Å². The normalized spacial score (nSPS) is 16.8. The van der Waals surface area contributed by atoms with Gasteiger partial charge in [0.05, 0.1) is 17.8 Å². The molecule has 0 saturated carbocycles. The van der Waals surface area contributed by atoms with Gasteiger partial charge in [-0.05, 0) is 20.8 Å². The lowest BCUT2D eigenvalue weighted by atomic mass is 9.97. The second kappa shape index (κ2) is 3.94. The van der Waals surface area contributed by atoms with Crippen LogP contribution >= 0.6 is 0 Å². The molecule has 1 saturated heterocycles. The second-order valence-electron chi connectivity index (χ2n) is 5.23. The van der Waals surface area contributed by atoms with Crippen molar-refractivity contribution in [1.29, 1.82) is 0 Å². The lowest BCUT2D eigenvalue weighted by Crippen LogP contribution is -2.50. The maximum absolute atomic E-state index is 11.7. The van der Waals surface area contributed by atoms with Crippen LogP contribution in [0.3, 0.4) is 0 Å². The fraction of sp³-hybridized carbons (Fsp3) is 0.636. The van der Waals surface area contributed by atoms with Crippen LogP contribution in [0, 0.1) is 0 Å². The topological polar surface area (TPSA) is 81.6 Å². The first-order chi connectivity index (χ1) is 7.87. The van der Waals surface area contributed by atoms with Gasteiger partial charge in [-0.15, -0.1) is 0 Å². The molecule has 2 N–H and O–H groups in total. The van der Waals surface area contributed by atoms with Gasteiger partial charge in [0, 0.05) is 13.1 Å². The molecule has 0 bridgehead atoms. The van der Waals surface area contributed by atoms with Gasteiger partial charge >= 0.3 is 6.09 Å². The standard InChI is InChI=1S/C11H17N3O3/c1-11(2,3)16-10(15)14-5-7(6-14)9-8(12)4-13-17-9/h4,7H,5-6,12H2,1-3H3. The molecule has 0 spiro atoms. The third-order valence-corrected chi connectivity index (χ3v) is 2.53. The summed E-state index contributed by atoms with van der Waals surface area (Å²) in [4.78, 5) is 13.3. The Morgan fingerprint density at radius 3 is 2.71 bits per heavy atom. The molecule has 0 aliphatic carbocycles. The molecule has 1 fully saturated rings. The van der Waals surface area contributed by atoms with Crippen molar-refractivity contribution in [2.45, 2.75) is 32.3 Å². The zero-order chi connectivity index (χ0) is 12.6. The fourth-order valence-corrected chi connectivity index (χ4v) is 1.69. The van der Waals surface area contributed by atoms with E-state index in [0.29, 0.717) is 24.5 Å². The molecule has 2 rings (SSSR count). The lowest BCUT2D eigenvalue weighted by molar-refractivity contribution is 0.00612. The number of hydrogen-bond donors (Lipinski definition) is 1. The van der Waals surface area contributed by atoms with Gasteiger partial charge in [-0.2, -0.15) is 0 Å². The SMILES string of the molecule is CC(C)(C)OC(=O)N1CC(c2oncc2N)C1. The molecule has 6 heteroatoms. The number of nitrogens with zero attached hydrogens (tertiary/aromatic N) is 2. The van der Waals surface area contributed by atoms with Crippen molar-refractivity contribution < 1.29 is 14.1 Å². The van der Waals surface area contributed by atoms with Crippen LogP contribution in [0.1, 0.15) is 32.4 Å². The zero-order valence-electron chi connectivity index (χ0n) is 10.3. The maximum atomic E-state index is 11.7. The van der Waals surface area contributed by atoms with E-state index in [1.54, 1.807) is 4.90 Å². The number of hydrogen-bond acceptors (Lipinski definition) is 5. The molecule has 1 aromatic rings. The molecule has 0 atom stereocenters. The van der Waals surface area contributed by atoms with E-state index >= 15 is 0 Å². The van der Waals surface area contributed by atoms with Gasteiger partial charge in [0.1, 0.15) is 5.60 Å². The third-order valence-electron chi connectivity index (χ3n) is 2.53. The molecule has 1 aliphatic rings. The summed E-state index contributed by atoms with van der Waals surface area (Å²) in [5.41, 5.74) is 5.76. The van der Waals surface area contributed by atoms with E-state index < -0.39 is 5.60 Å². The van der Waals surface area contributed by atoms with Gasteiger partial charge in [0.2, 0.25) is 0 Å². The Bertz CT molecular complexity index is 416. The number of rotatable bonds is 1. The predicted molar refractivity (Wildman–Crippen MR) is 61.5 cm³/mol. The van der Waals surface area contributed by atoms with E-state index in [2.05, 4.69) is 5.16 Å². The molecule has 0 unspecified atom stereocenters. The van der Waals surface area contributed by atoms with Gasteiger partial charge in [-0.1, -0.05) is 5.16 Å². The van der Waals surface area contributed by atoms with E-state index in [-0.39, 0.29) is 12.0 Å². The molecule has 6 nitrogen and oxygen atoms in total. The average Bonchev–Trinajstić information content (AvgIpc) is 2.46. The highest BCUT2D eigenvalue weighted by Crippen LogP contribution is 2.31. The molecule has 2 heterocycles. The summed E-state index contributed by atoms with van der Waals surface area (Å²) >= 11 is 0. The molecule has 0 radical (unpaired) electrons. The number of likely N-dealkylation sites (tertiary alicyclic amines) is 1. The largest absolute Gasteiger partial charge is 0.444 e. The summed E-state index contributed by atoms with van der Waals surface area (Å²) in [7, 11) is 0. The van der Waals surface area contributed by atoms with E-state index in [0.717, 1.165) is 0 Å². The van der Waals surface area contributed by atoms with Crippen LogP contribution in [0.4, 0.5) is 10.5 Å². The average molecular weight is 239 g/mol. The highest BCUT2D eigenvalue weighted by Gasteiger charge is 2.37. The first kappa shape index (κ1) is 11.8. The Hall–Kier alpha value is -1.72. The Labute approximate surface area is 99.7 Å². The molecule has 0 aromatic carbocycles. The summed E-state index contributed by atoms with van der Waals surface area (Å²) in [5, 5.41) is 3.62. The van der Waals surface area contributed by atoms with E-state index in [4.69, 9.17) is 15.0 Å². The first-order valence-electron chi connectivity index (χ1n) is 5.55. The van der Waals surface area contributed by atoms with Crippen LogP contribution in [0.2, 0.25) is 0 Å². The molecule has 1 aliphatic heterocycles. The Kier molecular flexibility index (Phi) is 2.73. The number of nitrogen functional groups attached to an aromatic ring is 1. The van der Waals surface area contributed by atoms with Crippen LogP contribution in [0.5, 0.6) is 0 Å². The van der Waals surface area contributed by atoms with Gasteiger partial charge < -0.3 is 19.9 Å². The van der Waals surface area contributed by atoms with Gasteiger partial charge in [-0.25, -0.2) is 4.79 Å². The van der Waals surface area contributed by atoms with Gasteiger partial charge in [0.25, 0.3) is 0 Å². The number of carbonyl (C=O) groups is 1. The van der Waals surface area contributed by atoms with Gasteiger partial charge in [-0.3, -0.25) is 0 Å². The highest BCUT2D eigenvalue weighted by atomic mass is 16.6. The van der Waals surface area contributed by atoms with Crippen molar-refractivity contribution >= 4 is 11.8 Å². The number of aromatic nitrogens is 1. The zero-order valence-corrected chi connectivity index (χ0v) is 10.3. The van der Waals surface area contributed by atoms with E-state index in [1.165, 1.54) is 6.20 Å². The number of carbonyl (C=O) groups excluding carboxylic acids is 1. The molecular formula is C11H17N3O3. The third kappa shape index (κ3) is 2.51. The molecule has 1 aromatic heterocycles. The minimum absolute atomic E-state index is 0.130. The Balaban J connectivity index is 1.87. The van der Waals surface area contributed by atoms with Crippen LogP contribution < -0.4 is 5.73 Å². The number of ether oxygens (including phenoxy) is 1. The first-order valence-corrected chi connectivity index (χ1v) is 5.55. The van der Waals surface area contributed by atoms with Crippen molar-refractivity contribution in [2.24, 2.45) is 0 Å². The summed E-state index contributed by atoms with van der Waals surface area (Å²) in [6.45, 7) is 6.66. The van der Waals surface area contributed by atoms with Crippen molar-refractivity contribution in [2.75, 3.05) is 18.8 Å². The van der Waals surface area contributed by atoms with Crippen molar-refractivity contribution in [3.8, 4) is 0 Å². The fourth-order valence-electron chi connectivity index (χ4n) is 1.69. The van der Waals surface area contributed by atoms with Crippen molar-refractivity contribution in [3.05, 3.63) is 12.0 Å².